The predicted molar refractivity (Wildman–Crippen MR) is 184 cm³/mol. The first-order valence-corrected chi connectivity index (χ1v) is 19.4. The van der Waals surface area contributed by atoms with Crippen molar-refractivity contribution in [3.63, 3.8) is 0 Å². The molecule has 41 heavy (non-hydrogen) atoms. The van der Waals surface area contributed by atoms with Crippen LogP contribution in [0.4, 0.5) is 0 Å². The van der Waals surface area contributed by atoms with Crippen LogP contribution in [0.3, 0.4) is 0 Å². The second kappa shape index (κ2) is 37.4. The number of hydrogen-bond donors (Lipinski definition) is 0. The highest BCUT2D eigenvalue weighted by molar-refractivity contribution is 4.53. The summed E-state index contributed by atoms with van der Waals surface area (Å²) < 4.78 is 0. The standard InChI is InChI=1S/C38H77NO2/c1-2-3-4-5-6-7-8-9-10-11-12-13-14-15-16-17-18-19-20-21-22-23-24-25-26-27-28-29-30-31-32-33-34-35-36-37-38-39(40)41/h2-38H2,1H3. The highest BCUT2D eigenvalue weighted by atomic mass is 16.6. The third-order valence-electron chi connectivity index (χ3n) is 9.19. The van der Waals surface area contributed by atoms with E-state index < -0.39 is 0 Å². The first-order chi connectivity index (χ1) is 20.3. The summed E-state index contributed by atoms with van der Waals surface area (Å²) in [6.07, 6.45) is 50.7. The first kappa shape index (κ1) is 40.4. The maximum absolute atomic E-state index is 10.3. The molecule has 3 nitrogen and oxygen atoms in total. The van der Waals surface area contributed by atoms with Crippen LogP contribution in [0.15, 0.2) is 0 Å². The molecular weight excluding hydrogens is 502 g/mol. The average molecular weight is 580 g/mol. The highest BCUT2D eigenvalue weighted by Crippen LogP contribution is 2.17. The number of rotatable bonds is 37. The van der Waals surface area contributed by atoms with Gasteiger partial charge in [0.2, 0.25) is 6.54 Å². The van der Waals surface area contributed by atoms with Crippen LogP contribution in [-0.2, 0) is 0 Å². The number of nitrogens with zero attached hydrogens (tertiary/aromatic N) is 1. The van der Waals surface area contributed by atoms with E-state index in [1.807, 2.05) is 0 Å². The van der Waals surface area contributed by atoms with Gasteiger partial charge in [-0.2, -0.15) is 0 Å². The summed E-state index contributed by atoms with van der Waals surface area (Å²) in [5.41, 5.74) is 0. The average Bonchev–Trinajstić information content (AvgIpc) is 2.97. The Balaban J connectivity index is 3.03. The number of unbranched alkanes of at least 4 members (excludes halogenated alkanes) is 35. The lowest BCUT2D eigenvalue weighted by molar-refractivity contribution is -0.480. The molecule has 0 saturated heterocycles. The predicted octanol–water partition coefficient (Wildman–Crippen LogP) is 14.3. The summed E-state index contributed by atoms with van der Waals surface area (Å²) in [6, 6.07) is 0. The first-order valence-electron chi connectivity index (χ1n) is 19.4. The molecule has 0 aromatic heterocycles. The fraction of sp³-hybridized carbons (Fsp3) is 1.00. The van der Waals surface area contributed by atoms with Crippen LogP contribution < -0.4 is 0 Å². The van der Waals surface area contributed by atoms with E-state index in [0.717, 1.165) is 12.8 Å². The molecule has 3 heteroatoms. The topological polar surface area (TPSA) is 43.1 Å². The van der Waals surface area contributed by atoms with Crippen molar-refractivity contribution in [1.82, 2.24) is 0 Å². The minimum Gasteiger partial charge on any atom is -0.265 e. The molecule has 0 unspecified atom stereocenters. The molecule has 0 bridgehead atoms. The van der Waals surface area contributed by atoms with Gasteiger partial charge in [-0.15, -0.1) is 0 Å². The lowest BCUT2D eigenvalue weighted by atomic mass is 10.0. The van der Waals surface area contributed by atoms with Gasteiger partial charge in [0.1, 0.15) is 0 Å². The molecule has 0 heterocycles. The maximum atomic E-state index is 10.3. The van der Waals surface area contributed by atoms with Crippen molar-refractivity contribution in [2.75, 3.05) is 6.54 Å². The Morgan fingerprint density at radius 3 is 0.585 bits per heavy atom. The van der Waals surface area contributed by atoms with Crippen LogP contribution in [0.2, 0.25) is 0 Å². The SMILES string of the molecule is CCCCCCCCCCCCCCCCCCCCCCCCCCCCCCCCCCCCCC[N+](=O)[O-]. The lowest BCUT2D eigenvalue weighted by Crippen LogP contribution is -1.99. The lowest BCUT2D eigenvalue weighted by Gasteiger charge is -2.05. The number of nitro groups is 1. The van der Waals surface area contributed by atoms with Crippen molar-refractivity contribution in [2.24, 2.45) is 0 Å². The summed E-state index contributed by atoms with van der Waals surface area (Å²) >= 11 is 0. The molecule has 0 aromatic carbocycles. The monoisotopic (exact) mass is 580 g/mol. The van der Waals surface area contributed by atoms with Gasteiger partial charge in [-0.05, 0) is 6.42 Å². The van der Waals surface area contributed by atoms with Crippen LogP contribution in [0.1, 0.15) is 238 Å². The van der Waals surface area contributed by atoms with Crippen molar-refractivity contribution in [1.29, 1.82) is 0 Å². The molecule has 0 fully saturated rings. The second-order valence-electron chi connectivity index (χ2n) is 13.4. The van der Waals surface area contributed by atoms with E-state index in [-0.39, 0.29) is 11.5 Å². The number of hydrogen-bond acceptors (Lipinski definition) is 2. The van der Waals surface area contributed by atoms with Gasteiger partial charge in [0.05, 0.1) is 0 Å². The third kappa shape index (κ3) is 39.4. The third-order valence-corrected chi connectivity index (χ3v) is 9.19. The summed E-state index contributed by atoms with van der Waals surface area (Å²) in [5.74, 6) is 0. The van der Waals surface area contributed by atoms with Crippen molar-refractivity contribution in [2.45, 2.75) is 238 Å². The fourth-order valence-corrected chi connectivity index (χ4v) is 6.32. The Labute approximate surface area is 259 Å². The van der Waals surface area contributed by atoms with Crippen molar-refractivity contribution < 1.29 is 4.92 Å². The Hall–Kier alpha value is -0.600. The van der Waals surface area contributed by atoms with E-state index in [1.165, 1.54) is 218 Å². The van der Waals surface area contributed by atoms with Crippen molar-refractivity contribution in [3.8, 4) is 0 Å². The molecule has 246 valence electrons. The quantitative estimate of drug-likeness (QED) is 0.0417. The van der Waals surface area contributed by atoms with Crippen LogP contribution in [0, 0.1) is 10.1 Å². The van der Waals surface area contributed by atoms with Gasteiger partial charge in [-0.3, -0.25) is 10.1 Å². The summed E-state index contributed by atoms with van der Waals surface area (Å²) in [5, 5.41) is 10.3. The Bertz CT molecular complexity index is 481. The van der Waals surface area contributed by atoms with E-state index in [0.29, 0.717) is 0 Å². The largest absolute Gasteiger partial charge is 0.265 e. The second-order valence-corrected chi connectivity index (χ2v) is 13.4. The molecule has 0 spiro atoms. The molecule has 0 amide bonds. The van der Waals surface area contributed by atoms with Crippen LogP contribution in [-0.4, -0.2) is 11.5 Å². The zero-order valence-electron chi connectivity index (χ0n) is 28.4. The van der Waals surface area contributed by atoms with Crippen molar-refractivity contribution >= 4 is 0 Å². The van der Waals surface area contributed by atoms with Gasteiger partial charge in [-0.25, -0.2) is 0 Å². The summed E-state index contributed by atoms with van der Waals surface area (Å²) in [6.45, 7) is 2.46. The van der Waals surface area contributed by atoms with Gasteiger partial charge in [0.25, 0.3) is 0 Å². The van der Waals surface area contributed by atoms with E-state index in [1.54, 1.807) is 0 Å². The van der Waals surface area contributed by atoms with Gasteiger partial charge >= 0.3 is 0 Å². The van der Waals surface area contributed by atoms with Gasteiger partial charge in [0.15, 0.2) is 0 Å². The molecule has 0 N–H and O–H groups in total. The molecule has 0 radical (unpaired) electrons. The molecule has 0 aliphatic rings. The fourth-order valence-electron chi connectivity index (χ4n) is 6.32. The highest BCUT2D eigenvalue weighted by Gasteiger charge is 1.99. The Kier molecular flexibility index (Phi) is 36.9. The molecule has 0 rings (SSSR count). The summed E-state index contributed by atoms with van der Waals surface area (Å²) in [4.78, 5) is 10.1. The minimum absolute atomic E-state index is 0.152. The minimum atomic E-state index is -0.191. The molecule has 0 aliphatic carbocycles. The zero-order valence-corrected chi connectivity index (χ0v) is 28.4. The van der Waals surface area contributed by atoms with Crippen LogP contribution >= 0.6 is 0 Å². The van der Waals surface area contributed by atoms with Gasteiger partial charge in [0, 0.05) is 11.3 Å². The van der Waals surface area contributed by atoms with Crippen molar-refractivity contribution in [3.05, 3.63) is 10.1 Å². The van der Waals surface area contributed by atoms with E-state index >= 15 is 0 Å². The van der Waals surface area contributed by atoms with Gasteiger partial charge in [-0.1, -0.05) is 225 Å². The zero-order chi connectivity index (χ0) is 29.7. The maximum Gasteiger partial charge on any atom is 0.203 e. The molecule has 0 aromatic rings. The molecule has 0 aliphatic heterocycles. The van der Waals surface area contributed by atoms with Crippen LogP contribution in [0.5, 0.6) is 0 Å². The van der Waals surface area contributed by atoms with Crippen LogP contribution in [0.25, 0.3) is 0 Å². The molecule has 0 saturated carbocycles. The van der Waals surface area contributed by atoms with E-state index in [9.17, 15) is 10.1 Å². The summed E-state index contributed by atoms with van der Waals surface area (Å²) in [7, 11) is 0. The van der Waals surface area contributed by atoms with E-state index in [4.69, 9.17) is 0 Å². The molecular formula is C38H77NO2. The normalized spacial score (nSPS) is 11.4. The smallest absolute Gasteiger partial charge is 0.203 e. The molecule has 0 atom stereocenters. The Morgan fingerprint density at radius 1 is 0.293 bits per heavy atom. The van der Waals surface area contributed by atoms with Gasteiger partial charge < -0.3 is 0 Å². The Morgan fingerprint density at radius 2 is 0.439 bits per heavy atom. The van der Waals surface area contributed by atoms with E-state index in [2.05, 4.69) is 6.92 Å².